The van der Waals surface area contributed by atoms with Crippen molar-refractivity contribution in [3.8, 4) is 0 Å². The van der Waals surface area contributed by atoms with Gasteiger partial charge in [0.25, 0.3) is 0 Å². The van der Waals surface area contributed by atoms with Crippen molar-refractivity contribution in [1.82, 2.24) is 0 Å². The van der Waals surface area contributed by atoms with Gasteiger partial charge in [0, 0.05) is 0 Å². The summed E-state index contributed by atoms with van der Waals surface area (Å²) >= 11 is 0. The summed E-state index contributed by atoms with van der Waals surface area (Å²) in [4.78, 5) is 0. The highest BCUT2D eigenvalue weighted by atomic mass is 16.5. The molecule has 0 radical (unpaired) electrons. The Bertz CT molecular complexity index is 896. The summed E-state index contributed by atoms with van der Waals surface area (Å²) in [5.74, 6) is 0.743. The van der Waals surface area contributed by atoms with Crippen molar-refractivity contribution >= 4 is 0 Å². The molecule has 154 valence electrons. The summed E-state index contributed by atoms with van der Waals surface area (Å²) in [7, 11) is 0. The zero-order valence-electron chi connectivity index (χ0n) is 18.3. The molecule has 3 aromatic carbocycles. The van der Waals surface area contributed by atoms with Crippen LogP contribution in [0.1, 0.15) is 56.7 Å². The third kappa shape index (κ3) is 2.72. The number of hydrogen-bond acceptors (Lipinski definition) is 1. The standard InChI is InChI=1S/C29H32O/c1-27(2)25-19-20-28(27,3)26(21-25)30-29(22-13-7-4-8-14-22,23-15-9-5-10-16-23)24-17-11-6-12-18-24/h4-18,25-26H,19-21H2,1-3H3. The molecule has 2 aliphatic rings. The molecule has 0 N–H and O–H groups in total. The van der Waals surface area contributed by atoms with Gasteiger partial charge in [-0.05, 0) is 52.7 Å². The number of ether oxygens (including phenoxy) is 1. The predicted molar refractivity (Wildman–Crippen MR) is 123 cm³/mol. The number of rotatable bonds is 5. The zero-order chi connectivity index (χ0) is 20.8. The van der Waals surface area contributed by atoms with E-state index in [-0.39, 0.29) is 11.5 Å². The summed E-state index contributed by atoms with van der Waals surface area (Å²) < 4.78 is 7.43. The van der Waals surface area contributed by atoms with Gasteiger partial charge in [-0.15, -0.1) is 0 Å². The fourth-order valence-electron chi connectivity index (χ4n) is 6.24. The van der Waals surface area contributed by atoms with Crippen LogP contribution in [0.25, 0.3) is 0 Å². The second-order valence-electron chi connectivity index (χ2n) is 10.00. The Morgan fingerprint density at radius 1 is 0.700 bits per heavy atom. The van der Waals surface area contributed by atoms with E-state index in [4.69, 9.17) is 4.74 Å². The van der Waals surface area contributed by atoms with Crippen LogP contribution < -0.4 is 0 Å². The second kappa shape index (κ2) is 7.10. The molecule has 0 heterocycles. The van der Waals surface area contributed by atoms with E-state index >= 15 is 0 Å². The number of benzene rings is 3. The molecule has 2 saturated carbocycles. The van der Waals surface area contributed by atoms with Crippen molar-refractivity contribution in [2.24, 2.45) is 16.7 Å². The molecule has 30 heavy (non-hydrogen) atoms. The third-order valence-electron chi connectivity index (χ3n) is 8.57. The lowest BCUT2D eigenvalue weighted by Gasteiger charge is -2.45. The summed E-state index contributed by atoms with van der Waals surface area (Å²) in [6.07, 6.45) is 3.96. The Labute approximate surface area is 181 Å². The molecule has 0 amide bonds. The van der Waals surface area contributed by atoms with Crippen LogP contribution >= 0.6 is 0 Å². The van der Waals surface area contributed by atoms with Crippen LogP contribution in [0.15, 0.2) is 91.0 Å². The average Bonchev–Trinajstić information content (AvgIpc) is 3.13. The van der Waals surface area contributed by atoms with E-state index in [1.54, 1.807) is 0 Å². The molecular weight excluding hydrogens is 364 g/mol. The maximum atomic E-state index is 7.43. The van der Waals surface area contributed by atoms with Crippen LogP contribution in [0.4, 0.5) is 0 Å². The van der Waals surface area contributed by atoms with E-state index < -0.39 is 5.60 Å². The Hall–Kier alpha value is -2.38. The summed E-state index contributed by atoms with van der Waals surface area (Å²) in [5, 5.41) is 0. The zero-order valence-corrected chi connectivity index (χ0v) is 18.3. The van der Waals surface area contributed by atoms with Gasteiger partial charge in [-0.2, -0.15) is 0 Å². The summed E-state index contributed by atoms with van der Waals surface area (Å²) in [6.45, 7) is 7.39. The van der Waals surface area contributed by atoms with E-state index in [9.17, 15) is 0 Å². The minimum atomic E-state index is -0.613. The molecule has 2 fully saturated rings. The molecule has 3 atom stereocenters. The Kier molecular flexibility index (Phi) is 4.63. The highest BCUT2D eigenvalue weighted by Crippen LogP contribution is 2.67. The molecule has 3 unspecified atom stereocenters. The quantitative estimate of drug-likeness (QED) is 0.414. The van der Waals surface area contributed by atoms with Crippen molar-refractivity contribution in [3.63, 3.8) is 0 Å². The highest BCUT2D eigenvalue weighted by Gasteiger charge is 2.63. The van der Waals surface area contributed by atoms with Gasteiger partial charge in [0.1, 0.15) is 5.60 Å². The molecule has 3 aromatic rings. The fraction of sp³-hybridized carbons (Fsp3) is 0.379. The third-order valence-corrected chi connectivity index (χ3v) is 8.57. The maximum absolute atomic E-state index is 7.43. The lowest BCUT2D eigenvalue weighted by Crippen LogP contribution is -2.44. The maximum Gasteiger partial charge on any atom is 0.144 e. The lowest BCUT2D eigenvalue weighted by molar-refractivity contribution is -0.112. The molecule has 1 nitrogen and oxygen atoms in total. The normalized spacial score (nSPS) is 27.3. The van der Waals surface area contributed by atoms with Gasteiger partial charge in [-0.25, -0.2) is 0 Å². The Balaban J connectivity index is 1.71. The largest absolute Gasteiger partial charge is 0.357 e. The van der Waals surface area contributed by atoms with Gasteiger partial charge in [0.2, 0.25) is 0 Å². The average molecular weight is 397 g/mol. The Morgan fingerprint density at radius 3 is 1.47 bits per heavy atom. The highest BCUT2D eigenvalue weighted by molar-refractivity contribution is 5.47. The van der Waals surface area contributed by atoms with Crippen molar-refractivity contribution in [1.29, 1.82) is 0 Å². The number of hydrogen-bond donors (Lipinski definition) is 0. The van der Waals surface area contributed by atoms with E-state index in [1.165, 1.54) is 29.5 Å². The molecule has 0 aromatic heterocycles. The first-order valence-corrected chi connectivity index (χ1v) is 11.3. The smallest absolute Gasteiger partial charge is 0.144 e. The van der Waals surface area contributed by atoms with E-state index in [1.807, 2.05) is 0 Å². The van der Waals surface area contributed by atoms with Crippen LogP contribution in [0.3, 0.4) is 0 Å². The molecular formula is C29H32O. The van der Waals surface area contributed by atoms with Crippen molar-refractivity contribution < 1.29 is 4.74 Å². The van der Waals surface area contributed by atoms with Crippen LogP contribution in [-0.4, -0.2) is 6.10 Å². The SMILES string of the molecule is CC1(C)C2CCC1(C)C(OC(c1ccccc1)(c1ccccc1)c1ccccc1)C2. The predicted octanol–water partition coefficient (Wildman–Crippen LogP) is 7.21. The van der Waals surface area contributed by atoms with Crippen molar-refractivity contribution in [2.75, 3.05) is 0 Å². The minimum Gasteiger partial charge on any atom is -0.357 e. The second-order valence-corrected chi connectivity index (χ2v) is 10.00. The number of fused-ring (bicyclic) bond motifs is 2. The topological polar surface area (TPSA) is 9.23 Å². The molecule has 0 aliphatic heterocycles. The van der Waals surface area contributed by atoms with E-state index in [2.05, 4.69) is 112 Å². The van der Waals surface area contributed by atoms with Gasteiger partial charge >= 0.3 is 0 Å². The van der Waals surface area contributed by atoms with Gasteiger partial charge in [0.15, 0.2) is 0 Å². The van der Waals surface area contributed by atoms with Crippen LogP contribution in [0.2, 0.25) is 0 Å². The summed E-state index contributed by atoms with van der Waals surface area (Å²) in [6, 6.07) is 32.4. The van der Waals surface area contributed by atoms with Crippen LogP contribution in [-0.2, 0) is 10.3 Å². The molecule has 0 saturated heterocycles. The first kappa shape index (κ1) is 19.6. The molecule has 2 bridgehead atoms. The van der Waals surface area contributed by atoms with Crippen LogP contribution in [0.5, 0.6) is 0 Å². The van der Waals surface area contributed by atoms with E-state index in [0.29, 0.717) is 5.41 Å². The Morgan fingerprint density at radius 2 is 1.13 bits per heavy atom. The lowest BCUT2D eigenvalue weighted by atomic mass is 9.69. The molecule has 2 aliphatic carbocycles. The first-order chi connectivity index (χ1) is 14.5. The monoisotopic (exact) mass is 396 g/mol. The molecule has 5 rings (SSSR count). The van der Waals surface area contributed by atoms with E-state index in [0.717, 1.165) is 12.3 Å². The molecule has 1 heteroatoms. The van der Waals surface area contributed by atoms with Crippen LogP contribution in [0, 0.1) is 16.7 Å². The molecule has 0 spiro atoms. The van der Waals surface area contributed by atoms with Crippen molar-refractivity contribution in [3.05, 3.63) is 108 Å². The van der Waals surface area contributed by atoms with Gasteiger partial charge in [-0.3, -0.25) is 0 Å². The van der Waals surface area contributed by atoms with Gasteiger partial charge in [0.05, 0.1) is 6.10 Å². The fourth-order valence-corrected chi connectivity index (χ4v) is 6.24. The minimum absolute atomic E-state index is 0.196. The first-order valence-electron chi connectivity index (χ1n) is 11.3. The van der Waals surface area contributed by atoms with Crippen molar-refractivity contribution in [2.45, 2.75) is 51.7 Å². The van der Waals surface area contributed by atoms with Gasteiger partial charge in [-0.1, -0.05) is 112 Å². The van der Waals surface area contributed by atoms with Gasteiger partial charge < -0.3 is 4.74 Å². The summed E-state index contributed by atoms with van der Waals surface area (Å²) in [5.41, 5.74) is 3.50.